The molecule has 5 heteroatoms. The van der Waals surface area contributed by atoms with Crippen molar-refractivity contribution in [1.29, 1.82) is 0 Å². The maximum Gasteiger partial charge on any atom is 0.306 e. The Morgan fingerprint density at radius 2 is 2.00 bits per heavy atom. The van der Waals surface area contributed by atoms with Crippen LogP contribution < -0.4 is 5.32 Å². The summed E-state index contributed by atoms with van der Waals surface area (Å²) in [6, 6.07) is 9.85. The first-order valence-corrected chi connectivity index (χ1v) is 8.24. The molecule has 0 atom stereocenters. The maximum absolute atomic E-state index is 11.8. The fourth-order valence-electron chi connectivity index (χ4n) is 2.14. The van der Waals surface area contributed by atoms with E-state index >= 15 is 0 Å². The lowest BCUT2D eigenvalue weighted by atomic mass is 10.1. The number of ether oxygens (including phenoxy) is 1. The summed E-state index contributed by atoms with van der Waals surface area (Å²) in [7, 11) is 1.42. The molecule has 0 unspecified atom stereocenters. The number of hydrogen-bond acceptors (Lipinski definition) is 4. The Bertz CT molecular complexity index is 486. The van der Waals surface area contributed by atoms with Gasteiger partial charge >= 0.3 is 5.97 Å². The third-order valence-corrected chi connectivity index (χ3v) is 4.96. The molecule has 1 N–H and O–H groups in total. The predicted octanol–water partition coefficient (Wildman–Crippen LogP) is 2.38. The van der Waals surface area contributed by atoms with Crippen molar-refractivity contribution in [3.8, 4) is 0 Å². The second kappa shape index (κ2) is 7.50. The first kappa shape index (κ1) is 15.9. The molecule has 0 bridgehead atoms. The van der Waals surface area contributed by atoms with E-state index in [1.54, 1.807) is 11.8 Å². The van der Waals surface area contributed by atoms with Crippen molar-refractivity contribution >= 4 is 23.6 Å². The monoisotopic (exact) mass is 307 g/mol. The standard InChI is InChI=1S/C16H21NO3S/c1-20-15(19)9-16(7-8-16)12-21-11-14(18)17-10-13-5-3-2-4-6-13/h2-6H,7-12H2,1H3,(H,17,18). The van der Waals surface area contributed by atoms with Gasteiger partial charge in [0.2, 0.25) is 5.91 Å². The van der Waals surface area contributed by atoms with Gasteiger partial charge in [-0.25, -0.2) is 0 Å². The molecule has 1 aromatic carbocycles. The molecule has 1 aliphatic rings. The normalized spacial score (nSPS) is 15.3. The average Bonchev–Trinajstić information content (AvgIpc) is 3.25. The van der Waals surface area contributed by atoms with Crippen molar-refractivity contribution in [1.82, 2.24) is 5.32 Å². The fourth-order valence-corrected chi connectivity index (χ4v) is 3.35. The van der Waals surface area contributed by atoms with Crippen molar-refractivity contribution in [2.75, 3.05) is 18.6 Å². The zero-order valence-electron chi connectivity index (χ0n) is 12.3. The van der Waals surface area contributed by atoms with Gasteiger partial charge in [-0.05, 0) is 29.6 Å². The molecule has 0 aromatic heterocycles. The van der Waals surface area contributed by atoms with Crippen LogP contribution in [0, 0.1) is 5.41 Å². The second-order valence-electron chi connectivity index (χ2n) is 5.51. The van der Waals surface area contributed by atoms with Gasteiger partial charge in [-0.3, -0.25) is 9.59 Å². The first-order valence-electron chi connectivity index (χ1n) is 7.09. The lowest BCUT2D eigenvalue weighted by Gasteiger charge is -2.13. The number of methoxy groups -OCH3 is 1. The molecular weight excluding hydrogens is 286 g/mol. The summed E-state index contributed by atoms with van der Waals surface area (Å²) in [5, 5.41) is 2.91. The molecule has 0 saturated heterocycles. The molecule has 2 rings (SSSR count). The van der Waals surface area contributed by atoms with Gasteiger partial charge in [-0.2, -0.15) is 11.8 Å². The Morgan fingerprint density at radius 3 is 2.62 bits per heavy atom. The van der Waals surface area contributed by atoms with Crippen LogP contribution in [-0.4, -0.2) is 30.5 Å². The largest absolute Gasteiger partial charge is 0.469 e. The van der Waals surface area contributed by atoms with Crippen LogP contribution in [-0.2, 0) is 20.9 Å². The summed E-state index contributed by atoms with van der Waals surface area (Å²) in [6.45, 7) is 0.563. The van der Waals surface area contributed by atoms with E-state index in [0.29, 0.717) is 18.7 Å². The van der Waals surface area contributed by atoms with Crippen molar-refractivity contribution in [3.05, 3.63) is 35.9 Å². The summed E-state index contributed by atoms with van der Waals surface area (Å²) in [5.41, 5.74) is 1.18. The molecule has 0 heterocycles. The van der Waals surface area contributed by atoms with Crippen LogP contribution in [0.2, 0.25) is 0 Å². The average molecular weight is 307 g/mol. The van der Waals surface area contributed by atoms with Gasteiger partial charge < -0.3 is 10.1 Å². The number of benzene rings is 1. The van der Waals surface area contributed by atoms with E-state index in [2.05, 4.69) is 5.32 Å². The highest BCUT2D eigenvalue weighted by Crippen LogP contribution is 2.51. The van der Waals surface area contributed by atoms with Crippen molar-refractivity contribution < 1.29 is 14.3 Å². The number of esters is 1. The van der Waals surface area contributed by atoms with Gasteiger partial charge in [0.15, 0.2) is 0 Å². The van der Waals surface area contributed by atoms with E-state index in [1.165, 1.54) is 7.11 Å². The van der Waals surface area contributed by atoms with E-state index in [4.69, 9.17) is 4.74 Å². The van der Waals surface area contributed by atoms with Gasteiger partial charge in [0.05, 0.1) is 19.3 Å². The Kier molecular flexibility index (Phi) is 5.67. The smallest absolute Gasteiger partial charge is 0.306 e. The van der Waals surface area contributed by atoms with Gasteiger partial charge in [-0.1, -0.05) is 30.3 Å². The predicted molar refractivity (Wildman–Crippen MR) is 83.9 cm³/mol. The fraction of sp³-hybridized carbons (Fsp3) is 0.500. The van der Waals surface area contributed by atoms with Crippen molar-refractivity contribution in [2.24, 2.45) is 5.41 Å². The third kappa shape index (κ3) is 5.42. The van der Waals surface area contributed by atoms with Crippen molar-refractivity contribution in [3.63, 3.8) is 0 Å². The highest BCUT2D eigenvalue weighted by molar-refractivity contribution is 7.99. The Morgan fingerprint density at radius 1 is 1.29 bits per heavy atom. The molecule has 114 valence electrons. The summed E-state index contributed by atoms with van der Waals surface area (Å²) >= 11 is 1.60. The highest BCUT2D eigenvalue weighted by atomic mass is 32.2. The van der Waals surface area contributed by atoms with Gasteiger partial charge in [0, 0.05) is 6.54 Å². The minimum atomic E-state index is -0.151. The molecule has 1 aliphatic carbocycles. The van der Waals surface area contributed by atoms with Crippen LogP contribution >= 0.6 is 11.8 Å². The first-order chi connectivity index (χ1) is 10.1. The van der Waals surface area contributed by atoms with Crippen LogP contribution in [0.1, 0.15) is 24.8 Å². The number of hydrogen-bond donors (Lipinski definition) is 1. The molecule has 21 heavy (non-hydrogen) atoms. The molecule has 1 fully saturated rings. The van der Waals surface area contributed by atoms with Crippen molar-refractivity contribution in [2.45, 2.75) is 25.8 Å². The Hall–Kier alpha value is -1.49. The van der Waals surface area contributed by atoms with Crippen LogP contribution in [0.4, 0.5) is 0 Å². The lowest BCUT2D eigenvalue weighted by molar-refractivity contribution is -0.141. The van der Waals surface area contributed by atoms with E-state index < -0.39 is 0 Å². The minimum absolute atomic E-state index is 0.0396. The number of nitrogens with one attached hydrogen (secondary N) is 1. The van der Waals surface area contributed by atoms with Gasteiger partial charge in [0.1, 0.15) is 0 Å². The van der Waals surface area contributed by atoms with Gasteiger partial charge in [-0.15, -0.1) is 0 Å². The van der Waals surface area contributed by atoms with Crippen LogP contribution in [0.5, 0.6) is 0 Å². The summed E-state index contributed by atoms with van der Waals surface area (Å²) in [4.78, 5) is 23.1. The maximum atomic E-state index is 11.8. The summed E-state index contributed by atoms with van der Waals surface area (Å²) in [5.74, 6) is 1.18. The van der Waals surface area contributed by atoms with Crippen LogP contribution in [0.3, 0.4) is 0 Å². The molecule has 1 aromatic rings. The lowest BCUT2D eigenvalue weighted by Crippen LogP contribution is -2.25. The number of carbonyl (C=O) groups is 2. The zero-order chi connectivity index (χ0) is 15.1. The highest BCUT2D eigenvalue weighted by Gasteiger charge is 2.44. The molecular formula is C16H21NO3S. The molecule has 4 nitrogen and oxygen atoms in total. The second-order valence-corrected chi connectivity index (χ2v) is 6.49. The minimum Gasteiger partial charge on any atom is -0.469 e. The van der Waals surface area contributed by atoms with E-state index in [0.717, 1.165) is 24.2 Å². The number of thioether (sulfide) groups is 1. The topological polar surface area (TPSA) is 55.4 Å². The summed E-state index contributed by atoms with van der Waals surface area (Å²) < 4.78 is 4.71. The molecule has 0 aliphatic heterocycles. The number of amides is 1. The summed E-state index contributed by atoms with van der Waals surface area (Å²) in [6.07, 6.45) is 2.59. The number of carbonyl (C=O) groups excluding carboxylic acids is 2. The molecule has 0 spiro atoms. The quantitative estimate of drug-likeness (QED) is 0.749. The van der Waals surface area contributed by atoms with Gasteiger partial charge in [0.25, 0.3) is 0 Å². The SMILES string of the molecule is COC(=O)CC1(CSCC(=O)NCc2ccccc2)CC1. The Labute approximate surface area is 129 Å². The zero-order valence-corrected chi connectivity index (χ0v) is 13.1. The van der Waals surface area contributed by atoms with Crippen LogP contribution in [0.25, 0.3) is 0 Å². The van der Waals surface area contributed by atoms with E-state index in [1.807, 2.05) is 30.3 Å². The van der Waals surface area contributed by atoms with E-state index in [-0.39, 0.29) is 17.3 Å². The van der Waals surface area contributed by atoms with E-state index in [9.17, 15) is 9.59 Å². The molecule has 1 amide bonds. The third-order valence-electron chi connectivity index (χ3n) is 3.68. The Balaban J connectivity index is 1.62. The molecule has 0 radical (unpaired) electrons. The molecule has 1 saturated carbocycles. The number of rotatable bonds is 8. The van der Waals surface area contributed by atoms with Crippen LogP contribution in [0.15, 0.2) is 30.3 Å².